The second-order valence-corrected chi connectivity index (χ2v) is 8.86. The normalized spacial score (nSPS) is 15.1. The van der Waals surface area contributed by atoms with E-state index >= 15 is 0 Å². The lowest BCUT2D eigenvalue weighted by atomic mass is 10.0. The Kier molecular flexibility index (Phi) is 6.15. The summed E-state index contributed by atoms with van der Waals surface area (Å²) in [6.07, 6.45) is 1.50. The van der Waals surface area contributed by atoms with Gasteiger partial charge in [-0.1, -0.05) is 35.3 Å². The maximum Gasteiger partial charge on any atom is 0.335 e. The number of imide groups is 1. The summed E-state index contributed by atoms with van der Waals surface area (Å²) in [5.74, 6) is -0.631. The van der Waals surface area contributed by atoms with E-state index in [9.17, 15) is 19.5 Å². The molecule has 0 atom stereocenters. The summed E-state index contributed by atoms with van der Waals surface area (Å²) in [6.45, 7) is 1.92. The van der Waals surface area contributed by atoms with Crippen molar-refractivity contribution < 1.29 is 23.9 Å². The van der Waals surface area contributed by atoms with Crippen LogP contribution in [0.25, 0.3) is 17.4 Å². The molecule has 2 amide bonds. The zero-order valence-electron chi connectivity index (χ0n) is 16.6. The quantitative estimate of drug-likeness (QED) is 0.413. The Hall–Kier alpha value is -3.00. The number of aryl methyl sites for hydroxylation is 1. The van der Waals surface area contributed by atoms with Crippen molar-refractivity contribution in [3.05, 3.63) is 85.9 Å². The first-order valence-corrected chi connectivity index (χ1v) is 10.9. The Labute approximate surface area is 197 Å². The zero-order chi connectivity index (χ0) is 23.0. The third kappa shape index (κ3) is 4.46. The molecule has 3 aromatic rings. The first-order valence-electron chi connectivity index (χ1n) is 9.36. The van der Waals surface area contributed by atoms with Crippen LogP contribution in [0.1, 0.15) is 27.2 Å². The van der Waals surface area contributed by atoms with E-state index in [-0.39, 0.29) is 17.0 Å². The van der Waals surface area contributed by atoms with E-state index in [0.29, 0.717) is 32.7 Å². The Morgan fingerprint density at radius 1 is 1.09 bits per heavy atom. The highest BCUT2D eigenvalue weighted by Crippen LogP contribution is 2.35. The number of benzene rings is 2. The van der Waals surface area contributed by atoms with Gasteiger partial charge in [-0.05, 0) is 66.2 Å². The predicted molar refractivity (Wildman–Crippen MR) is 124 cm³/mol. The van der Waals surface area contributed by atoms with Crippen LogP contribution in [0.4, 0.5) is 4.79 Å². The van der Waals surface area contributed by atoms with Crippen LogP contribution in [0.15, 0.2) is 57.9 Å². The largest absolute Gasteiger partial charge is 0.478 e. The minimum Gasteiger partial charge on any atom is -0.478 e. The van der Waals surface area contributed by atoms with E-state index in [2.05, 4.69) is 0 Å². The molecule has 32 heavy (non-hydrogen) atoms. The van der Waals surface area contributed by atoms with Crippen molar-refractivity contribution in [3.8, 4) is 11.3 Å². The van der Waals surface area contributed by atoms with Gasteiger partial charge in [0, 0.05) is 11.6 Å². The van der Waals surface area contributed by atoms with Gasteiger partial charge in [0.1, 0.15) is 11.5 Å². The van der Waals surface area contributed by atoms with E-state index < -0.39 is 17.1 Å². The Morgan fingerprint density at radius 3 is 2.59 bits per heavy atom. The van der Waals surface area contributed by atoms with E-state index in [0.717, 1.165) is 22.2 Å². The molecular weight excluding hydrogens is 473 g/mol. The smallest absolute Gasteiger partial charge is 0.335 e. The summed E-state index contributed by atoms with van der Waals surface area (Å²) in [6, 6.07) is 13.0. The maximum absolute atomic E-state index is 12.8. The first-order chi connectivity index (χ1) is 15.2. The SMILES string of the molecule is Cc1ccc(C(=O)O)cc1-c1ccc(/C=C2\SC(=O)N(Cc3ccc(Cl)c(Cl)c3)C2=O)o1. The van der Waals surface area contributed by atoms with Crippen molar-refractivity contribution in [2.45, 2.75) is 13.5 Å². The Bertz CT molecular complexity index is 1300. The first kappa shape index (κ1) is 22.2. The molecule has 2 aromatic carbocycles. The standard InChI is InChI=1S/C23H15Cl2NO5S/c1-12-2-4-14(22(28)29)9-16(12)19-7-5-15(31-19)10-20-21(27)26(23(30)32-20)11-13-3-6-17(24)18(25)8-13/h2-10H,11H2,1H3,(H,28,29)/b20-10-. The van der Waals surface area contributed by atoms with Crippen molar-refractivity contribution >= 4 is 58.2 Å². The molecule has 2 heterocycles. The number of hydrogen-bond acceptors (Lipinski definition) is 5. The summed E-state index contributed by atoms with van der Waals surface area (Å²) in [5.41, 5.74) is 2.30. The number of thioether (sulfide) groups is 1. The minimum atomic E-state index is -1.03. The molecule has 0 spiro atoms. The van der Waals surface area contributed by atoms with Crippen molar-refractivity contribution in [3.63, 3.8) is 0 Å². The average Bonchev–Trinajstić information content (AvgIpc) is 3.31. The van der Waals surface area contributed by atoms with Crippen LogP contribution < -0.4 is 0 Å². The predicted octanol–water partition coefficient (Wildman–Crippen LogP) is 6.50. The highest BCUT2D eigenvalue weighted by Gasteiger charge is 2.35. The molecule has 4 rings (SSSR count). The van der Waals surface area contributed by atoms with Crippen LogP contribution in [0, 0.1) is 6.92 Å². The molecule has 6 nitrogen and oxygen atoms in total. The third-order valence-corrected chi connectivity index (χ3v) is 6.49. The van der Waals surface area contributed by atoms with E-state index in [1.54, 1.807) is 36.4 Å². The highest BCUT2D eigenvalue weighted by atomic mass is 35.5. The number of nitrogens with zero attached hydrogens (tertiary/aromatic N) is 1. The number of hydrogen-bond donors (Lipinski definition) is 1. The number of halogens is 2. The molecule has 0 aliphatic carbocycles. The molecule has 1 saturated heterocycles. The molecule has 1 aliphatic heterocycles. The van der Waals surface area contributed by atoms with Gasteiger partial charge in [-0.25, -0.2) is 4.79 Å². The van der Waals surface area contributed by atoms with Gasteiger partial charge in [0.05, 0.1) is 27.1 Å². The summed E-state index contributed by atoms with van der Waals surface area (Å²) >= 11 is 12.8. The second kappa shape index (κ2) is 8.86. The third-order valence-electron chi connectivity index (χ3n) is 4.85. The van der Waals surface area contributed by atoms with Gasteiger partial charge in [-0.3, -0.25) is 14.5 Å². The number of carboxylic acids is 1. The molecule has 1 fully saturated rings. The van der Waals surface area contributed by atoms with E-state index in [4.69, 9.17) is 27.6 Å². The molecule has 1 N–H and O–H groups in total. The number of rotatable bonds is 5. The number of carbonyl (C=O) groups excluding carboxylic acids is 2. The molecule has 0 radical (unpaired) electrons. The van der Waals surface area contributed by atoms with Crippen LogP contribution in [0.5, 0.6) is 0 Å². The fourth-order valence-electron chi connectivity index (χ4n) is 3.18. The van der Waals surface area contributed by atoms with Crippen molar-refractivity contribution in [2.75, 3.05) is 0 Å². The van der Waals surface area contributed by atoms with Crippen LogP contribution in [-0.2, 0) is 11.3 Å². The topological polar surface area (TPSA) is 87.8 Å². The van der Waals surface area contributed by atoms with Crippen molar-refractivity contribution in [2.24, 2.45) is 0 Å². The van der Waals surface area contributed by atoms with Crippen LogP contribution in [-0.4, -0.2) is 27.1 Å². The van der Waals surface area contributed by atoms with Crippen molar-refractivity contribution in [1.29, 1.82) is 0 Å². The average molecular weight is 488 g/mol. The van der Waals surface area contributed by atoms with Crippen LogP contribution in [0.2, 0.25) is 10.0 Å². The number of aromatic carboxylic acids is 1. The van der Waals surface area contributed by atoms with Gasteiger partial charge in [0.25, 0.3) is 11.1 Å². The molecule has 0 unspecified atom stereocenters. The summed E-state index contributed by atoms with van der Waals surface area (Å²) in [5, 5.41) is 9.56. The van der Waals surface area contributed by atoms with E-state index in [1.807, 2.05) is 6.92 Å². The number of carboxylic acid groups (broad SMARTS) is 1. The van der Waals surface area contributed by atoms with Crippen LogP contribution in [0.3, 0.4) is 0 Å². The molecule has 9 heteroatoms. The lowest BCUT2D eigenvalue weighted by molar-refractivity contribution is -0.123. The van der Waals surface area contributed by atoms with Gasteiger partial charge in [0.2, 0.25) is 0 Å². The molecule has 0 bridgehead atoms. The zero-order valence-corrected chi connectivity index (χ0v) is 18.9. The fourth-order valence-corrected chi connectivity index (χ4v) is 4.32. The van der Waals surface area contributed by atoms with Gasteiger partial charge in [-0.15, -0.1) is 0 Å². The molecule has 162 valence electrons. The molecule has 1 aromatic heterocycles. The highest BCUT2D eigenvalue weighted by molar-refractivity contribution is 8.18. The lowest BCUT2D eigenvalue weighted by Crippen LogP contribution is -2.27. The van der Waals surface area contributed by atoms with Gasteiger partial charge in [-0.2, -0.15) is 0 Å². The lowest BCUT2D eigenvalue weighted by Gasteiger charge is -2.12. The van der Waals surface area contributed by atoms with Gasteiger partial charge < -0.3 is 9.52 Å². The second-order valence-electron chi connectivity index (χ2n) is 7.05. The summed E-state index contributed by atoms with van der Waals surface area (Å²) < 4.78 is 5.82. The minimum absolute atomic E-state index is 0.0729. The maximum atomic E-state index is 12.8. The number of furan rings is 1. The summed E-state index contributed by atoms with van der Waals surface area (Å²) in [4.78, 5) is 37.8. The fraction of sp³-hybridized carbons (Fsp3) is 0.0870. The molecular formula is C23H15Cl2NO5S. The monoisotopic (exact) mass is 487 g/mol. The van der Waals surface area contributed by atoms with Crippen LogP contribution >= 0.6 is 35.0 Å². The number of carbonyl (C=O) groups is 3. The van der Waals surface area contributed by atoms with Gasteiger partial charge in [0.15, 0.2) is 0 Å². The molecule has 0 saturated carbocycles. The summed E-state index contributed by atoms with van der Waals surface area (Å²) in [7, 11) is 0. The van der Waals surface area contributed by atoms with Crippen molar-refractivity contribution in [1.82, 2.24) is 4.90 Å². The Balaban J connectivity index is 1.56. The molecule has 1 aliphatic rings. The number of amides is 2. The van der Waals surface area contributed by atoms with E-state index in [1.165, 1.54) is 18.2 Å². The Morgan fingerprint density at radius 2 is 1.88 bits per heavy atom. The van der Waals surface area contributed by atoms with Gasteiger partial charge >= 0.3 is 5.97 Å².